The highest BCUT2D eigenvalue weighted by Crippen LogP contribution is 2.27. The first-order valence-electron chi connectivity index (χ1n) is 9.26. The van der Waals surface area contributed by atoms with Crippen LogP contribution in [0, 0.1) is 6.92 Å². The second-order valence-electron chi connectivity index (χ2n) is 7.17. The van der Waals surface area contributed by atoms with Crippen LogP contribution in [0.5, 0.6) is 0 Å². The molecule has 0 fully saturated rings. The molecule has 0 unspecified atom stereocenters. The van der Waals surface area contributed by atoms with Crippen LogP contribution in [0.25, 0.3) is 5.57 Å². The lowest BCUT2D eigenvalue weighted by molar-refractivity contribution is -0.117. The van der Waals surface area contributed by atoms with E-state index in [4.69, 9.17) is 0 Å². The number of rotatable bonds is 5. The maximum absolute atomic E-state index is 12.6. The molecule has 0 bridgehead atoms. The summed E-state index contributed by atoms with van der Waals surface area (Å²) < 4.78 is 0. The summed E-state index contributed by atoms with van der Waals surface area (Å²) in [5.41, 5.74) is 5.57. The molecule has 1 aromatic heterocycles. The van der Waals surface area contributed by atoms with Gasteiger partial charge in [0.05, 0.1) is 12.2 Å². The summed E-state index contributed by atoms with van der Waals surface area (Å²) in [5.74, 6) is 0.430. The highest BCUT2D eigenvalue weighted by Gasteiger charge is 2.18. The van der Waals surface area contributed by atoms with E-state index in [-0.39, 0.29) is 5.91 Å². The van der Waals surface area contributed by atoms with Gasteiger partial charge in [-0.05, 0) is 48.1 Å². The normalized spacial score (nSPS) is 15.0. The van der Waals surface area contributed by atoms with E-state index in [1.165, 1.54) is 11.1 Å². The lowest BCUT2D eigenvalue weighted by Crippen LogP contribution is -2.36. The average molecular weight is 349 g/mol. The van der Waals surface area contributed by atoms with Gasteiger partial charge in [0.1, 0.15) is 0 Å². The van der Waals surface area contributed by atoms with Crippen molar-refractivity contribution in [1.29, 1.82) is 0 Å². The topological polar surface area (TPSA) is 45.2 Å². The molecule has 1 aromatic carbocycles. The van der Waals surface area contributed by atoms with Crippen LogP contribution in [0.4, 0.5) is 5.69 Å². The minimum atomic E-state index is 0.0517. The molecule has 1 aliphatic rings. The molecular weight excluding hydrogens is 322 g/mol. The molecule has 4 heteroatoms. The summed E-state index contributed by atoms with van der Waals surface area (Å²) in [7, 11) is 0. The number of aryl methyl sites for hydroxylation is 1. The number of carbonyl (C=O) groups excluding carboxylic acids is 1. The van der Waals surface area contributed by atoms with Crippen molar-refractivity contribution >= 4 is 17.2 Å². The number of hydrogen-bond donors (Lipinski definition) is 1. The molecule has 0 saturated carbocycles. The predicted molar refractivity (Wildman–Crippen MR) is 107 cm³/mol. The predicted octanol–water partition coefficient (Wildman–Crippen LogP) is 4.24. The van der Waals surface area contributed by atoms with Crippen molar-refractivity contribution < 1.29 is 4.79 Å². The minimum Gasteiger partial charge on any atom is -0.324 e. The average Bonchev–Trinajstić information content (AvgIpc) is 2.64. The first kappa shape index (κ1) is 18.3. The Hall–Kier alpha value is -2.46. The Morgan fingerprint density at radius 3 is 2.73 bits per heavy atom. The fourth-order valence-corrected chi connectivity index (χ4v) is 3.36. The van der Waals surface area contributed by atoms with Crippen molar-refractivity contribution in [2.24, 2.45) is 0 Å². The third-order valence-electron chi connectivity index (χ3n) is 4.85. The van der Waals surface area contributed by atoms with E-state index in [0.717, 1.165) is 36.5 Å². The first-order valence-corrected chi connectivity index (χ1v) is 9.26. The first-order chi connectivity index (χ1) is 12.5. The Bertz CT molecular complexity index is 796. The zero-order valence-electron chi connectivity index (χ0n) is 15.8. The Morgan fingerprint density at radius 1 is 1.23 bits per heavy atom. The van der Waals surface area contributed by atoms with Gasteiger partial charge in [-0.1, -0.05) is 44.2 Å². The summed E-state index contributed by atoms with van der Waals surface area (Å²) in [5, 5.41) is 3.14. The SMILES string of the molecule is Cc1cccc(C(C)C)c1NC(=O)CN1CC=C(c2ccccn2)CC1. The molecule has 0 radical (unpaired) electrons. The Kier molecular flexibility index (Phi) is 5.84. The lowest BCUT2D eigenvalue weighted by Gasteiger charge is -2.26. The Balaban J connectivity index is 1.61. The number of para-hydroxylation sites is 1. The molecule has 0 atom stereocenters. The maximum atomic E-state index is 12.6. The van der Waals surface area contributed by atoms with Crippen molar-refractivity contribution in [3.63, 3.8) is 0 Å². The summed E-state index contributed by atoms with van der Waals surface area (Å²) in [6, 6.07) is 12.2. The minimum absolute atomic E-state index is 0.0517. The highest BCUT2D eigenvalue weighted by atomic mass is 16.2. The standard InChI is InChI=1S/C22H27N3O/c1-16(2)19-8-6-7-17(3)22(19)24-21(26)15-25-13-10-18(11-14-25)20-9-4-5-12-23-20/h4-10,12,16H,11,13-15H2,1-3H3,(H,24,26). The molecule has 1 N–H and O–H groups in total. The summed E-state index contributed by atoms with van der Waals surface area (Å²) in [4.78, 5) is 19.2. The number of amides is 1. The van der Waals surface area contributed by atoms with Crippen molar-refractivity contribution in [1.82, 2.24) is 9.88 Å². The molecule has 1 amide bonds. The summed E-state index contributed by atoms with van der Waals surface area (Å²) >= 11 is 0. The van der Waals surface area contributed by atoms with Crippen molar-refractivity contribution in [3.8, 4) is 0 Å². The van der Waals surface area contributed by atoms with Crippen LogP contribution in [0.15, 0.2) is 48.7 Å². The molecule has 2 aromatic rings. The van der Waals surface area contributed by atoms with Crippen LogP contribution in [0.1, 0.15) is 43.0 Å². The van der Waals surface area contributed by atoms with Gasteiger partial charge in [-0.3, -0.25) is 14.7 Å². The molecule has 0 aliphatic carbocycles. The third kappa shape index (κ3) is 4.38. The van der Waals surface area contributed by atoms with Crippen LogP contribution in [0.2, 0.25) is 0 Å². The second-order valence-corrected chi connectivity index (χ2v) is 7.17. The fourth-order valence-electron chi connectivity index (χ4n) is 3.36. The molecule has 2 heterocycles. The third-order valence-corrected chi connectivity index (χ3v) is 4.85. The van der Waals surface area contributed by atoms with Crippen LogP contribution in [-0.4, -0.2) is 35.4 Å². The lowest BCUT2D eigenvalue weighted by atomic mass is 9.98. The van der Waals surface area contributed by atoms with Crippen LogP contribution in [-0.2, 0) is 4.79 Å². The number of pyridine rings is 1. The number of carbonyl (C=O) groups is 1. The van der Waals surface area contributed by atoms with Gasteiger partial charge in [0.15, 0.2) is 0 Å². The van der Waals surface area contributed by atoms with Gasteiger partial charge in [0, 0.05) is 25.0 Å². The molecular formula is C22H27N3O. The summed E-state index contributed by atoms with van der Waals surface area (Å²) in [6.07, 6.45) is 4.93. The van der Waals surface area contributed by atoms with Gasteiger partial charge in [0.2, 0.25) is 5.91 Å². The molecule has 0 saturated heterocycles. The highest BCUT2D eigenvalue weighted by molar-refractivity contribution is 5.94. The van der Waals surface area contributed by atoms with Gasteiger partial charge in [-0.25, -0.2) is 0 Å². The zero-order chi connectivity index (χ0) is 18.5. The monoisotopic (exact) mass is 349 g/mol. The van der Waals surface area contributed by atoms with Crippen molar-refractivity contribution in [2.75, 3.05) is 25.0 Å². The van der Waals surface area contributed by atoms with E-state index >= 15 is 0 Å². The van der Waals surface area contributed by atoms with Gasteiger partial charge in [0.25, 0.3) is 0 Å². The van der Waals surface area contributed by atoms with Gasteiger partial charge >= 0.3 is 0 Å². The van der Waals surface area contributed by atoms with E-state index in [9.17, 15) is 4.79 Å². The molecule has 136 valence electrons. The molecule has 26 heavy (non-hydrogen) atoms. The Labute approximate surface area is 155 Å². The van der Waals surface area contributed by atoms with Crippen molar-refractivity contribution in [3.05, 3.63) is 65.5 Å². The van der Waals surface area contributed by atoms with Gasteiger partial charge in [-0.15, -0.1) is 0 Å². The Morgan fingerprint density at radius 2 is 2.08 bits per heavy atom. The number of aromatic nitrogens is 1. The number of anilines is 1. The van der Waals surface area contributed by atoms with E-state index < -0.39 is 0 Å². The summed E-state index contributed by atoms with van der Waals surface area (Å²) in [6.45, 7) is 8.42. The number of hydrogen-bond acceptors (Lipinski definition) is 3. The number of benzene rings is 1. The second kappa shape index (κ2) is 8.28. The van der Waals surface area contributed by atoms with E-state index in [1.807, 2.05) is 37.4 Å². The molecule has 4 nitrogen and oxygen atoms in total. The maximum Gasteiger partial charge on any atom is 0.238 e. The van der Waals surface area contributed by atoms with Gasteiger partial charge < -0.3 is 5.32 Å². The van der Waals surface area contributed by atoms with Crippen LogP contribution < -0.4 is 5.32 Å². The van der Waals surface area contributed by atoms with E-state index in [1.54, 1.807) is 0 Å². The molecule has 3 rings (SSSR count). The van der Waals surface area contributed by atoms with E-state index in [2.05, 4.69) is 47.3 Å². The smallest absolute Gasteiger partial charge is 0.238 e. The van der Waals surface area contributed by atoms with Crippen molar-refractivity contribution in [2.45, 2.75) is 33.1 Å². The molecule has 1 aliphatic heterocycles. The fraction of sp³-hybridized carbons (Fsp3) is 0.364. The van der Waals surface area contributed by atoms with E-state index in [0.29, 0.717) is 12.5 Å². The number of nitrogens with one attached hydrogen (secondary N) is 1. The van der Waals surface area contributed by atoms with Crippen LogP contribution in [0.3, 0.4) is 0 Å². The van der Waals surface area contributed by atoms with Crippen LogP contribution >= 0.6 is 0 Å². The molecule has 0 spiro atoms. The van der Waals surface area contributed by atoms with Gasteiger partial charge in [-0.2, -0.15) is 0 Å². The number of nitrogens with zero attached hydrogens (tertiary/aromatic N) is 2. The zero-order valence-corrected chi connectivity index (χ0v) is 15.8. The quantitative estimate of drug-likeness (QED) is 0.878. The largest absolute Gasteiger partial charge is 0.324 e.